The van der Waals surface area contributed by atoms with Crippen molar-refractivity contribution < 1.29 is 14.0 Å². The summed E-state index contributed by atoms with van der Waals surface area (Å²) in [6.07, 6.45) is 0. The highest BCUT2D eigenvalue weighted by atomic mass is 19.1. The van der Waals surface area contributed by atoms with Crippen LogP contribution in [-0.2, 0) is 11.8 Å². The number of carbonyl (C=O) groups is 2. The molecule has 1 unspecified atom stereocenters. The number of amides is 1. The van der Waals surface area contributed by atoms with Crippen LogP contribution >= 0.6 is 0 Å². The van der Waals surface area contributed by atoms with E-state index in [9.17, 15) is 14.0 Å². The molecule has 0 aliphatic rings. The number of likely N-dealkylation sites (N-methyl/N-ethyl adjacent to an activating group) is 1. The molecular weight excluding hydrogens is 297 g/mol. The summed E-state index contributed by atoms with van der Waals surface area (Å²) in [7, 11) is 3.30. The molecular formula is C17H20FN3O2. The molecule has 2 aromatic rings. The highest BCUT2D eigenvalue weighted by molar-refractivity contribution is 6.43. The van der Waals surface area contributed by atoms with Crippen LogP contribution in [0, 0.1) is 19.7 Å². The first-order chi connectivity index (χ1) is 10.7. The van der Waals surface area contributed by atoms with Crippen molar-refractivity contribution in [3.63, 3.8) is 0 Å². The Kier molecular flexibility index (Phi) is 4.63. The third-order valence-corrected chi connectivity index (χ3v) is 4.18. The average molecular weight is 317 g/mol. The number of aryl methyl sites for hydroxylation is 2. The first kappa shape index (κ1) is 16.9. The summed E-state index contributed by atoms with van der Waals surface area (Å²) in [4.78, 5) is 26.4. The number of aromatic nitrogens is 2. The molecule has 0 saturated heterocycles. The van der Waals surface area contributed by atoms with Crippen LogP contribution in [0.4, 0.5) is 4.39 Å². The van der Waals surface area contributed by atoms with Gasteiger partial charge in [0.25, 0.3) is 11.7 Å². The van der Waals surface area contributed by atoms with Crippen molar-refractivity contribution in [2.75, 3.05) is 7.05 Å². The number of Topliss-reactive ketones (excluding diaryl/α,β-unsaturated/α-hetero) is 1. The van der Waals surface area contributed by atoms with Gasteiger partial charge in [0.2, 0.25) is 0 Å². The maximum atomic E-state index is 13.0. The molecule has 0 saturated carbocycles. The van der Waals surface area contributed by atoms with Gasteiger partial charge in [-0.2, -0.15) is 5.10 Å². The SMILES string of the molecule is Cc1nn(C)c(C)c1C(=O)C(=O)N(C)C(C)c1ccc(F)cc1. The Hall–Kier alpha value is -2.50. The van der Waals surface area contributed by atoms with Gasteiger partial charge in [0, 0.05) is 19.8 Å². The van der Waals surface area contributed by atoms with Crippen LogP contribution in [-0.4, -0.2) is 33.4 Å². The second kappa shape index (κ2) is 6.32. The third-order valence-electron chi connectivity index (χ3n) is 4.18. The topological polar surface area (TPSA) is 55.2 Å². The molecule has 2 rings (SSSR count). The van der Waals surface area contributed by atoms with Gasteiger partial charge in [0.1, 0.15) is 5.82 Å². The van der Waals surface area contributed by atoms with Crippen LogP contribution in [0.1, 0.15) is 40.3 Å². The summed E-state index contributed by atoms with van der Waals surface area (Å²) in [5, 5.41) is 4.17. The predicted molar refractivity (Wildman–Crippen MR) is 84.6 cm³/mol. The molecule has 23 heavy (non-hydrogen) atoms. The minimum absolute atomic E-state index is 0.340. The predicted octanol–water partition coefficient (Wildman–Crippen LogP) is 2.58. The Morgan fingerprint density at radius 2 is 1.78 bits per heavy atom. The molecule has 0 aliphatic heterocycles. The maximum absolute atomic E-state index is 13.0. The Balaban J connectivity index is 2.25. The monoisotopic (exact) mass is 317 g/mol. The van der Waals surface area contributed by atoms with Crippen LogP contribution in [0.15, 0.2) is 24.3 Å². The summed E-state index contributed by atoms with van der Waals surface area (Å²) >= 11 is 0. The first-order valence-corrected chi connectivity index (χ1v) is 7.31. The summed E-state index contributed by atoms with van der Waals surface area (Å²) in [5.41, 5.74) is 2.29. The highest BCUT2D eigenvalue weighted by Gasteiger charge is 2.29. The fraction of sp³-hybridized carbons (Fsp3) is 0.353. The van der Waals surface area contributed by atoms with E-state index in [4.69, 9.17) is 0 Å². The molecule has 0 aliphatic carbocycles. The van der Waals surface area contributed by atoms with Gasteiger partial charge in [0.15, 0.2) is 0 Å². The van der Waals surface area contributed by atoms with E-state index in [0.717, 1.165) is 5.56 Å². The van der Waals surface area contributed by atoms with Gasteiger partial charge in [0.05, 0.1) is 17.3 Å². The van der Waals surface area contributed by atoms with E-state index in [1.807, 2.05) is 0 Å². The third kappa shape index (κ3) is 3.16. The summed E-state index contributed by atoms with van der Waals surface area (Å²) in [5.74, 6) is -1.53. The summed E-state index contributed by atoms with van der Waals surface area (Å²) in [6, 6.07) is 5.54. The molecule has 1 amide bonds. The largest absolute Gasteiger partial charge is 0.332 e. The number of nitrogens with zero attached hydrogens (tertiary/aromatic N) is 3. The zero-order chi connectivity index (χ0) is 17.3. The van der Waals surface area contributed by atoms with Crippen LogP contribution in [0.25, 0.3) is 0 Å². The Morgan fingerprint density at radius 3 is 2.26 bits per heavy atom. The number of ketones is 1. The van der Waals surface area contributed by atoms with Crippen molar-refractivity contribution in [2.45, 2.75) is 26.8 Å². The molecule has 122 valence electrons. The van der Waals surface area contributed by atoms with Gasteiger partial charge >= 0.3 is 0 Å². The van der Waals surface area contributed by atoms with Gasteiger partial charge in [-0.1, -0.05) is 12.1 Å². The second-order valence-electron chi connectivity index (χ2n) is 5.64. The molecule has 0 radical (unpaired) electrons. The van der Waals surface area contributed by atoms with Gasteiger partial charge < -0.3 is 4.90 Å². The van der Waals surface area contributed by atoms with Gasteiger partial charge in [-0.15, -0.1) is 0 Å². The molecule has 5 nitrogen and oxygen atoms in total. The molecule has 0 N–H and O–H groups in total. The van der Waals surface area contributed by atoms with E-state index in [1.165, 1.54) is 17.0 Å². The van der Waals surface area contributed by atoms with E-state index in [1.54, 1.807) is 51.7 Å². The van der Waals surface area contributed by atoms with E-state index in [2.05, 4.69) is 5.10 Å². The zero-order valence-electron chi connectivity index (χ0n) is 13.9. The lowest BCUT2D eigenvalue weighted by molar-refractivity contribution is -0.127. The van der Waals surface area contributed by atoms with Crippen molar-refractivity contribution in [1.29, 1.82) is 0 Å². The number of rotatable bonds is 4. The molecule has 1 atom stereocenters. The Bertz CT molecular complexity index is 750. The lowest BCUT2D eigenvalue weighted by Gasteiger charge is -2.24. The molecule has 0 bridgehead atoms. The van der Waals surface area contributed by atoms with E-state index < -0.39 is 11.7 Å². The van der Waals surface area contributed by atoms with E-state index >= 15 is 0 Å². The zero-order valence-corrected chi connectivity index (χ0v) is 13.9. The quantitative estimate of drug-likeness (QED) is 0.643. The minimum atomic E-state index is -0.610. The van der Waals surface area contributed by atoms with Gasteiger partial charge in [-0.25, -0.2) is 4.39 Å². The van der Waals surface area contributed by atoms with Crippen molar-refractivity contribution in [3.05, 3.63) is 52.6 Å². The standard InChI is InChI=1S/C17H20FN3O2/c1-10-15(12(3)21(5)19-10)16(22)17(23)20(4)11(2)13-6-8-14(18)9-7-13/h6-9,11H,1-5H3. The van der Waals surface area contributed by atoms with Crippen molar-refractivity contribution in [2.24, 2.45) is 7.05 Å². The van der Waals surface area contributed by atoms with Crippen molar-refractivity contribution in [3.8, 4) is 0 Å². The highest BCUT2D eigenvalue weighted by Crippen LogP contribution is 2.21. The number of carbonyl (C=O) groups excluding carboxylic acids is 2. The average Bonchev–Trinajstić information content (AvgIpc) is 2.78. The molecule has 0 fully saturated rings. The lowest BCUT2D eigenvalue weighted by Crippen LogP contribution is -2.35. The number of benzene rings is 1. The van der Waals surface area contributed by atoms with E-state index in [0.29, 0.717) is 17.0 Å². The number of hydrogen-bond donors (Lipinski definition) is 0. The fourth-order valence-electron chi connectivity index (χ4n) is 2.51. The fourth-order valence-corrected chi connectivity index (χ4v) is 2.51. The lowest BCUT2D eigenvalue weighted by atomic mass is 10.0. The Morgan fingerprint density at radius 1 is 1.22 bits per heavy atom. The van der Waals surface area contributed by atoms with Crippen LogP contribution in [0.5, 0.6) is 0 Å². The molecule has 0 spiro atoms. The molecule has 1 aromatic carbocycles. The second-order valence-corrected chi connectivity index (χ2v) is 5.64. The van der Waals surface area contributed by atoms with Crippen molar-refractivity contribution in [1.82, 2.24) is 14.7 Å². The molecule has 1 aromatic heterocycles. The molecule has 1 heterocycles. The minimum Gasteiger partial charge on any atom is -0.332 e. The van der Waals surface area contributed by atoms with Crippen molar-refractivity contribution >= 4 is 11.7 Å². The Labute approximate surface area is 134 Å². The first-order valence-electron chi connectivity index (χ1n) is 7.31. The van der Waals surface area contributed by atoms with Crippen LogP contribution < -0.4 is 0 Å². The number of halogens is 1. The van der Waals surface area contributed by atoms with Gasteiger partial charge in [-0.05, 0) is 38.5 Å². The smallest absolute Gasteiger partial charge is 0.295 e. The maximum Gasteiger partial charge on any atom is 0.295 e. The summed E-state index contributed by atoms with van der Waals surface area (Å²) in [6.45, 7) is 5.25. The van der Waals surface area contributed by atoms with E-state index in [-0.39, 0.29) is 11.9 Å². The van der Waals surface area contributed by atoms with Gasteiger partial charge in [-0.3, -0.25) is 14.3 Å². The normalized spacial score (nSPS) is 12.1. The van der Waals surface area contributed by atoms with Crippen LogP contribution in [0.2, 0.25) is 0 Å². The number of hydrogen-bond acceptors (Lipinski definition) is 3. The molecule has 6 heteroatoms. The van der Waals surface area contributed by atoms with Crippen LogP contribution in [0.3, 0.4) is 0 Å². The summed E-state index contributed by atoms with van der Waals surface area (Å²) < 4.78 is 14.6.